The molecule has 5 heteroatoms. The van der Waals surface area contributed by atoms with Crippen LogP contribution in [0.2, 0.25) is 0 Å². The van der Waals surface area contributed by atoms with E-state index >= 15 is 0 Å². The minimum Gasteiger partial charge on any atom is -0.494 e. The lowest BCUT2D eigenvalue weighted by molar-refractivity contribution is -0.122. The molecule has 1 aromatic carbocycles. The molecule has 0 saturated carbocycles. The Kier molecular flexibility index (Phi) is 6.29. The van der Waals surface area contributed by atoms with Crippen LogP contribution in [-0.4, -0.2) is 38.1 Å². The number of nitrogens with zero attached hydrogens (tertiary/aromatic N) is 1. The lowest BCUT2D eigenvalue weighted by Gasteiger charge is -2.16. The van der Waals surface area contributed by atoms with Gasteiger partial charge < -0.3 is 10.1 Å². The van der Waals surface area contributed by atoms with Crippen LogP contribution in [0.25, 0.3) is 0 Å². The smallest absolute Gasteiger partial charge is 0.234 e. The van der Waals surface area contributed by atoms with E-state index in [4.69, 9.17) is 4.74 Å². The van der Waals surface area contributed by atoms with Gasteiger partial charge >= 0.3 is 0 Å². The lowest BCUT2D eigenvalue weighted by atomic mass is 10.2. The highest BCUT2D eigenvalue weighted by molar-refractivity contribution is 5.77. The Bertz CT molecular complexity index is 424. The first-order valence-corrected chi connectivity index (χ1v) is 6.34. The molecular formula is C14H21FN2O2. The Labute approximate surface area is 113 Å². The van der Waals surface area contributed by atoms with Crippen LogP contribution >= 0.6 is 0 Å². The third-order valence-corrected chi connectivity index (χ3v) is 2.65. The molecule has 0 fully saturated rings. The van der Waals surface area contributed by atoms with Crippen molar-refractivity contribution in [2.24, 2.45) is 0 Å². The van der Waals surface area contributed by atoms with E-state index in [0.717, 1.165) is 12.0 Å². The summed E-state index contributed by atoms with van der Waals surface area (Å²) in [6.07, 6.45) is 0.916. The Morgan fingerprint density at radius 1 is 1.47 bits per heavy atom. The van der Waals surface area contributed by atoms with Crippen LogP contribution in [0, 0.1) is 5.82 Å². The molecule has 1 rings (SSSR count). The van der Waals surface area contributed by atoms with E-state index in [1.54, 1.807) is 12.1 Å². The molecule has 106 valence electrons. The molecule has 1 amide bonds. The summed E-state index contributed by atoms with van der Waals surface area (Å²) in [4.78, 5) is 13.4. The Balaban J connectivity index is 2.50. The van der Waals surface area contributed by atoms with Gasteiger partial charge in [-0.2, -0.15) is 0 Å². The van der Waals surface area contributed by atoms with E-state index < -0.39 is 0 Å². The van der Waals surface area contributed by atoms with Crippen molar-refractivity contribution < 1.29 is 13.9 Å². The average molecular weight is 268 g/mol. The minimum absolute atomic E-state index is 0.0154. The van der Waals surface area contributed by atoms with Crippen LogP contribution in [0.3, 0.4) is 0 Å². The molecule has 0 aliphatic carbocycles. The standard InChI is InChI=1S/C14H21FN2O2/c1-4-7-16-14(18)10-17(2)9-11-5-6-13(19-3)12(15)8-11/h5-6,8H,4,7,9-10H2,1-3H3,(H,16,18). The van der Waals surface area contributed by atoms with E-state index in [2.05, 4.69) is 5.32 Å². The molecule has 0 radical (unpaired) electrons. The van der Waals surface area contributed by atoms with Gasteiger partial charge in [0.2, 0.25) is 5.91 Å². The maximum atomic E-state index is 13.5. The molecule has 0 aromatic heterocycles. The third-order valence-electron chi connectivity index (χ3n) is 2.65. The van der Waals surface area contributed by atoms with Crippen LogP contribution < -0.4 is 10.1 Å². The molecule has 0 aliphatic heterocycles. The molecule has 1 aromatic rings. The first-order chi connectivity index (χ1) is 9.06. The second kappa shape index (κ2) is 7.74. The number of halogens is 1. The third kappa shape index (κ3) is 5.26. The number of amides is 1. The van der Waals surface area contributed by atoms with Gasteiger partial charge in [-0.3, -0.25) is 9.69 Å². The van der Waals surface area contributed by atoms with Crippen LogP contribution in [0.4, 0.5) is 4.39 Å². The topological polar surface area (TPSA) is 41.6 Å². The molecule has 0 atom stereocenters. The van der Waals surface area contributed by atoms with E-state index in [1.807, 2.05) is 18.9 Å². The molecule has 1 N–H and O–H groups in total. The number of ether oxygens (including phenoxy) is 1. The van der Waals surface area contributed by atoms with Gasteiger partial charge in [0.15, 0.2) is 11.6 Å². The number of likely N-dealkylation sites (N-methyl/N-ethyl adjacent to an activating group) is 1. The number of nitrogens with one attached hydrogen (secondary N) is 1. The molecule has 0 aliphatic rings. The van der Waals surface area contributed by atoms with Crippen molar-refractivity contribution in [1.29, 1.82) is 0 Å². The van der Waals surface area contributed by atoms with Crippen molar-refractivity contribution in [3.05, 3.63) is 29.6 Å². The quantitative estimate of drug-likeness (QED) is 0.820. The van der Waals surface area contributed by atoms with Crippen molar-refractivity contribution >= 4 is 5.91 Å². The number of hydrogen-bond donors (Lipinski definition) is 1. The first kappa shape index (κ1) is 15.4. The molecule has 0 heterocycles. The predicted octanol–water partition coefficient (Wildman–Crippen LogP) is 1.79. The highest BCUT2D eigenvalue weighted by atomic mass is 19.1. The Hall–Kier alpha value is -1.62. The number of benzene rings is 1. The molecule has 4 nitrogen and oxygen atoms in total. The normalized spacial score (nSPS) is 10.6. The van der Waals surface area contributed by atoms with Crippen LogP contribution in [0.15, 0.2) is 18.2 Å². The van der Waals surface area contributed by atoms with Gasteiger partial charge in [-0.1, -0.05) is 13.0 Å². The fourth-order valence-corrected chi connectivity index (χ4v) is 1.74. The number of rotatable bonds is 7. The number of carbonyl (C=O) groups is 1. The summed E-state index contributed by atoms with van der Waals surface area (Å²) in [7, 11) is 3.26. The monoisotopic (exact) mass is 268 g/mol. The van der Waals surface area contributed by atoms with E-state index in [1.165, 1.54) is 13.2 Å². The van der Waals surface area contributed by atoms with Crippen LogP contribution in [0.1, 0.15) is 18.9 Å². The maximum Gasteiger partial charge on any atom is 0.234 e. The SMILES string of the molecule is CCCNC(=O)CN(C)Cc1ccc(OC)c(F)c1. The second-order valence-corrected chi connectivity index (χ2v) is 4.49. The second-order valence-electron chi connectivity index (χ2n) is 4.49. The molecular weight excluding hydrogens is 247 g/mol. The molecule has 0 bridgehead atoms. The zero-order valence-corrected chi connectivity index (χ0v) is 11.7. The number of hydrogen-bond acceptors (Lipinski definition) is 3. The molecule has 0 saturated heterocycles. The van der Waals surface area contributed by atoms with Gasteiger partial charge in [0.25, 0.3) is 0 Å². The Morgan fingerprint density at radius 3 is 2.79 bits per heavy atom. The van der Waals surface area contributed by atoms with E-state index in [-0.39, 0.29) is 17.5 Å². The van der Waals surface area contributed by atoms with Crippen LogP contribution in [-0.2, 0) is 11.3 Å². The van der Waals surface area contributed by atoms with Crippen molar-refractivity contribution in [3.63, 3.8) is 0 Å². The molecule has 0 unspecified atom stereocenters. The van der Waals surface area contributed by atoms with Crippen molar-refractivity contribution in [2.75, 3.05) is 27.2 Å². The minimum atomic E-state index is -0.385. The number of methoxy groups -OCH3 is 1. The van der Waals surface area contributed by atoms with Gasteiger partial charge in [-0.05, 0) is 31.2 Å². The van der Waals surface area contributed by atoms with Gasteiger partial charge in [-0.15, -0.1) is 0 Å². The van der Waals surface area contributed by atoms with E-state index in [9.17, 15) is 9.18 Å². The average Bonchev–Trinajstić information content (AvgIpc) is 2.36. The fourth-order valence-electron chi connectivity index (χ4n) is 1.74. The predicted molar refractivity (Wildman–Crippen MR) is 72.6 cm³/mol. The summed E-state index contributed by atoms with van der Waals surface area (Å²) in [6, 6.07) is 4.82. The van der Waals surface area contributed by atoms with Gasteiger partial charge in [-0.25, -0.2) is 4.39 Å². The fraction of sp³-hybridized carbons (Fsp3) is 0.500. The van der Waals surface area contributed by atoms with Crippen molar-refractivity contribution in [1.82, 2.24) is 10.2 Å². The van der Waals surface area contributed by atoms with Crippen molar-refractivity contribution in [2.45, 2.75) is 19.9 Å². The first-order valence-electron chi connectivity index (χ1n) is 6.34. The summed E-state index contributed by atoms with van der Waals surface area (Å²) in [5.41, 5.74) is 0.809. The van der Waals surface area contributed by atoms with Crippen LogP contribution in [0.5, 0.6) is 5.75 Å². The zero-order chi connectivity index (χ0) is 14.3. The zero-order valence-electron chi connectivity index (χ0n) is 11.7. The van der Waals surface area contributed by atoms with Gasteiger partial charge in [0.1, 0.15) is 0 Å². The summed E-state index contributed by atoms with van der Waals surface area (Å²) in [5.74, 6) is -0.172. The number of carbonyl (C=O) groups excluding carboxylic acids is 1. The Morgan fingerprint density at radius 2 is 2.21 bits per heavy atom. The van der Waals surface area contributed by atoms with Gasteiger partial charge in [0.05, 0.1) is 13.7 Å². The summed E-state index contributed by atoms with van der Waals surface area (Å²) in [6.45, 7) is 3.50. The lowest BCUT2D eigenvalue weighted by Crippen LogP contribution is -2.35. The van der Waals surface area contributed by atoms with Crippen molar-refractivity contribution in [3.8, 4) is 5.75 Å². The van der Waals surface area contributed by atoms with Gasteiger partial charge in [0, 0.05) is 13.1 Å². The maximum absolute atomic E-state index is 13.5. The molecule has 19 heavy (non-hydrogen) atoms. The summed E-state index contributed by atoms with van der Waals surface area (Å²) in [5, 5.41) is 2.80. The highest BCUT2D eigenvalue weighted by Gasteiger charge is 2.08. The highest BCUT2D eigenvalue weighted by Crippen LogP contribution is 2.18. The van der Waals surface area contributed by atoms with E-state index in [0.29, 0.717) is 19.6 Å². The molecule has 0 spiro atoms. The largest absolute Gasteiger partial charge is 0.494 e. The summed E-state index contributed by atoms with van der Waals surface area (Å²) < 4.78 is 18.4. The summed E-state index contributed by atoms with van der Waals surface area (Å²) >= 11 is 0.